The Labute approximate surface area is 200 Å². The Balaban J connectivity index is 1.46. The molecule has 2 heterocycles. The predicted octanol–water partition coefficient (Wildman–Crippen LogP) is 2.35. The lowest BCUT2D eigenvalue weighted by Crippen LogP contribution is -3.14. The molecule has 0 radical (unpaired) electrons. The molecule has 1 aromatic heterocycles. The molecule has 0 bridgehead atoms. The molecule has 1 fully saturated rings. The highest BCUT2D eigenvalue weighted by atomic mass is 32.1. The highest BCUT2D eigenvalue weighted by Gasteiger charge is 2.18. The zero-order chi connectivity index (χ0) is 23.2. The van der Waals surface area contributed by atoms with Gasteiger partial charge in [-0.2, -0.15) is 0 Å². The number of aliphatic imine (C=N–C) groups is 1. The number of quaternary nitrogens is 1. The van der Waals surface area contributed by atoms with E-state index in [4.69, 9.17) is 12.2 Å². The van der Waals surface area contributed by atoms with E-state index in [0.717, 1.165) is 45.4 Å². The Morgan fingerprint density at radius 3 is 2.64 bits per heavy atom. The van der Waals surface area contributed by atoms with Gasteiger partial charge in [-0.3, -0.25) is 14.8 Å². The van der Waals surface area contributed by atoms with Crippen LogP contribution in [0.2, 0.25) is 0 Å². The van der Waals surface area contributed by atoms with Crippen LogP contribution in [-0.4, -0.2) is 48.5 Å². The second-order valence-corrected chi connectivity index (χ2v) is 9.24. The molecule has 1 aliphatic heterocycles. The van der Waals surface area contributed by atoms with Crippen LogP contribution in [0.4, 0.5) is 11.4 Å². The Hall–Kier alpha value is -2.71. The number of aromatic amines is 1. The summed E-state index contributed by atoms with van der Waals surface area (Å²) < 4.78 is 1.65. The van der Waals surface area contributed by atoms with E-state index in [9.17, 15) is 9.90 Å². The summed E-state index contributed by atoms with van der Waals surface area (Å²) in [6.07, 6.45) is 9.01. The van der Waals surface area contributed by atoms with Crippen molar-refractivity contribution in [2.75, 3.05) is 37.6 Å². The number of H-pyrrole nitrogens is 1. The Morgan fingerprint density at radius 1 is 1.21 bits per heavy atom. The molecule has 2 aromatic rings. The maximum absolute atomic E-state index is 13.0. The minimum atomic E-state index is -0.491. The van der Waals surface area contributed by atoms with Crippen LogP contribution in [0, 0.1) is 4.77 Å². The van der Waals surface area contributed by atoms with Gasteiger partial charge in [-0.25, -0.2) is 0 Å². The molecule has 8 heteroatoms. The minimum absolute atomic E-state index is 0.0176. The third-order valence-electron chi connectivity index (χ3n) is 6.76. The number of piperazine rings is 1. The predicted molar refractivity (Wildman–Crippen MR) is 134 cm³/mol. The molecule has 0 amide bonds. The standard InChI is InChI=1S/C25H33N5O2S/c1-2-28-14-16-29(17-15-28)21-10-8-20(9-11-21)26-18-22-23(31)27-25(33)30(24(22)32)13-12-19-6-4-3-5-7-19/h6,8-11,18,32H,2-5,7,12-17H2,1H3,(H,27,31,33). The summed E-state index contributed by atoms with van der Waals surface area (Å²) in [7, 11) is 0. The third-order valence-corrected chi connectivity index (χ3v) is 7.08. The van der Waals surface area contributed by atoms with Gasteiger partial charge in [0.15, 0.2) is 4.77 Å². The first kappa shape index (κ1) is 23.4. The number of likely N-dealkylation sites (N-methyl/N-ethyl adjacent to an activating group) is 1. The molecule has 0 spiro atoms. The van der Waals surface area contributed by atoms with Crippen molar-refractivity contribution < 1.29 is 10.0 Å². The number of nitrogens with zero attached hydrogens (tertiary/aromatic N) is 3. The quantitative estimate of drug-likeness (QED) is 0.372. The monoisotopic (exact) mass is 467 g/mol. The normalized spacial score (nSPS) is 17.5. The van der Waals surface area contributed by atoms with Crippen molar-refractivity contribution in [1.82, 2.24) is 9.55 Å². The van der Waals surface area contributed by atoms with E-state index in [-0.39, 0.29) is 16.2 Å². The van der Waals surface area contributed by atoms with Crippen LogP contribution >= 0.6 is 12.2 Å². The largest absolute Gasteiger partial charge is 0.859 e. The van der Waals surface area contributed by atoms with E-state index in [1.54, 1.807) is 4.90 Å². The van der Waals surface area contributed by atoms with E-state index >= 15 is 0 Å². The Bertz CT molecular complexity index is 1120. The van der Waals surface area contributed by atoms with Crippen LogP contribution < -0.4 is 20.5 Å². The van der Waals surface area contributed by atoms with E-state index in [2.05, 4.69) is 40.0 Å². The van der Waals surface area contributed by atoms with Gasteiger partial charge in [0.2, 0.25) is 0 Å². The highest BCUT2D eigenvalue weighted by molar-refractivity contribution is 7.71. The van der Waals surface area contributed by atoms with Gasteiger partial charge in [-0.05, 0) is 81.4 Å². The first-order valence-electron chi connectivity index (χ1n) is 12.0. The smallest absolute Gasteiger partial charge is 0.259 e. The van der Waals surface area contributed by atoms with Gasteiger partial charge >= 0.3 is 0 Å². The van der Waals surface area contributed by atoms with Crippen LogP contribution in [-0.2, 0) is 6.54 Å². The lowest BCUT2D eigenvalue weighted by atomic mass is 9.97. The molecule has 176 valence electrons. The van der Waals surface area contributed by atoms with Crippen LogP contribution in [0.1, 0.15) is 44.6 Å². The molecular formula is C25H33N5O2S. The van der Waals surface area contributed by atoms with Crippen molar-refractivity contribution in [2.45, 2.75) is 45.6 Å². The molecule has 0 unspecified atom stereocenters. The SMILES string of the molecule is CC[NH+]1CCN(c2ccc(N=Cc3c([O-])n(CCC4=CCCCC4)c(=S)[nH]c3=O)cc2)CC1. The van der Waals surface area contributed by atoms with Gasteiger partial charge < -0.3 is 19.5 Å². The van der Waals surface area contributed by atoms with E-state index in [1.165, 1.54) is 41.4 Å². The summed E-state index contributed by atoms with van der Waals surface area (Å²) in [5.74, 6) is -0.378. The average molecular weight is 468 g/mol. The lowest BCUT2D eigenvalue weighted by molar-refractivity contribution is -0.898. The first-order valence-corrected chi connectivity index (χ1v) is 12.4. The van der Waals surface area contributed by atoms with Gasteiger partial charge in [0.05, 0.1) is 44.0 Å². The second kappa shape index (κ2) is 10.9. The number of anilines is 1. The summed E-state index contributed by atoms with van der Waals surface area (Å²) in [5, 5.41) is 13.0. The zero-order valence-electron chi connectivity index (χ0n) is 19.3. The van der Waals surface area contributed by atoms with Crippen molar-refractivity contribution in [3.8, 4) is 5.88 Å². The van der Waals surface area contributed by atoms with Crippen molar-refractivity contribution in [3.63, 3.8) is 0 Å². The summed E-state index contributed by atoms with van der Waals surface area (Å²) in [6, 6.07) is 7.95. The third kappa shape index (κ3) is 5.81. The van der Waals surface area contributed by atoms with Crippen molar-refractivity contribution in [3.05, 3.63) is 56.6 Å². The topological polar surface area (TPSA) is 80.9 Å². The molecule has 2 aliphatic rings. The number of hydrogen-bond acceptors (Lipinski definition) is 5. The lowest BCUT2D eigenvalue weighted by Gasteiger charge is -2.33. The Morgan fingerprint density at radius 2 is 1.97 bits per heavy atom. The van der Waals surface area contributed by atoms with Crippen LogP contribution in [0.15, 0.2) is 45.7 Å². The number of hydrogen-bond donors (Lipinski definition) is 2. The fourth-order valence-electron chi connectivity index (χ4n) is 4.59. The number of rotatable bonds is 7. The van der Waals surface area contributed by atoms with Gasteiger partial charge in [0, 0.05) is 18.4 Å². The number of aromatic nitrogens is 2. The molecule has 1 aromatic carbocycles. The van der Waals surface area contributed by atoms with Crippen LogP contribution in [0.3, 0.4) is 0 Å². The van der Waals surface area contributed by atoms with E-state index in [0.29, 0.717) is 12.2 Å². The molecular weight excluding hydrogens is 434 g/mol. The molecule has 33 heavy (non-hydrogen) atoms. The van der Waals surface area contributed by atoms with Crippen LogP contribution in [0.25, 0.3) is 0 Å². The average Bonchev–Trinajstić information content (AvgIpc) is 2.85. The molecule has 0 saturated carbocycles. The van der Waals surface area contributed by atoms with E-state index < -0.39 is 5.56 Å². The second-order valence-electron chi connectivity index (χ2n) is 8.85. The molecule has 2 N–H and O–H groups in total. The maximum Gasteiger partial charge on any atom is 0.259 e. The molecule has 4 rings (SSSR count). The molecule has 1 saturated heterocycles. The number of allylic oxidation sites excluding steroid dienone is 2. The summed E-state index contributed by atoms with van der Waals surface area (Å²) in [4.78, 5) is 23.5. The van der Waals surface area contributed by atoms with Crippen molar-refractivity contribution in [1.29, 1.82) is 0 Å². The highest BCUT2D eigenvalue weighted by Crippen LogP contribution is 2.22. The summed E-state index contributed by atoms with van der Waals surface area (Å²) in [5.41, 5.74) is 2.77. The van der Waals surface area contributed by atoms with Gasteiger partial charge in [0.25, 0.3) is 5.56 Å². The Kier molecular flexibility index (Phi) is 7.77. The van der Waals surface area contributed by atoms with Gasteiger partial charge in [-0.1, -0.05) is 11.6 Å². The van der Waals surface area contributed by atoms with Crippen molar-refractivity contribution >= 4 is 29.8 Å². The summed E-state index contributed by atoms with van der Waals surface area (Å²) in [6.45, 7) is 8.28. The van der Waals surface area contributed by atoms with Crippen molar-refractivity contribution in [2.24, 2.45) is 4.99 Å². The summed E-state index contributed by atoms with van der Waals surface area (Å²) >= 11 is 5.26. The fraction of sp³-hybridized carbons (Fsp3) is 0.480. The maximum atomic E-state index is 13.0. The van der Waals surface area contributed by atoms with Crippen LogP contribution in [0.5, 0.6) is 5.88 Å². The first-order chi connectivity index (χ1) is 16.0. The molecule has 1 aliphatic carbocycles. The minimum Gasteiger partial charge on any atom is -0.859 e. The number of nitrogens with one attached hydrogen (secondary N) is 2. The molecule has 0 atom stereocenters. The number of benzene rings is 1. The van der Waals surface area contributed by atoms with Gasteiger partial charge in [-0.15, -0.1) is 0 Å². The zero-order valence-corrected chi connectivity index (χ0v) is 20.1. The molecule has 7 nitrogen and oxygen atoms in total. The van der Waals surface area contributed by atoms with E-state index in [1.807, 2.05) is 12.1 Å². The fourth-order valence-corrected chi connectivity index (χ4v) is 4.86. The van der Waals surface area contributed by atoms with Gasteiger partial charge in [0.1, 0.15) is 0 Å².